The molecule has 6 nitrogen and oxygen atoms in total. The first kappa shape index (κ1) is 16.9. The topological polar surface area (TPSA) is 69.7 Å². The Hall–Kier alpha value is -2.47. The van der Waals surface area contributed by atoms with Crippen LogP contribution in [0.4, 0.5) is 5.69 Å². The van der Waals surface area contributed by atoms with Crippen LogP contribution < -0.4 is 10.2 Å². The molecule has 0 bridgehead atoms. The smallest absolute Gasteiger partial charge is 0.258 e. The number of benzene rings is 1. The highest BCUT2D eigenvalue weighted by Gasteiger charge is 2.25. The molecule has 0 atom stereocenters. The monoisotopic (exact) mass is 315 g/mol. The fourth-order valence-electron chi connectivity index (χ4n) is 2.39. The molecule has 122 valence electrons. The van der Waals surface area contributed by atoms with Crippen molar-refractivity contribution in [3.63, 3.8) is 0 Å². The van der Waals surface area contributed by atoms with Crippen molar-refractivity contribution in [1.29, 1.82) is 0 Å². The van der Waals surface area contributed by atoms with E-state index < -0.39 is 0 Å². The number of nitrogens with one attached hydrogen (secondary N) is 1. The van der Waals surface area contributed by atoms with Crippen molar-refractivity contribution in [3.05, 3.63) is 42.0 Å². The van der Waals surface area contributed by atoms with Gasteiger partial charge in [-0.2, -0.15) is 0 Å². The van der Waals surface area contributed by atoms with Gasteiger partial charge in [-0.05, 0) is 37.4 Å². The average Bonchev–Trinajstić information content (AvgIpc) is 2.90. The third kappa shape index (κ3) is 4.04. The Bertz CT molecular complexity index is 600. The van der Waals surface area contributed by atoms with Gasteiger partial charge in [0.25, 0.3) is 17.7 Å². The Morgan fingerprint density at radius 1 is 1.04 bits per heavy atom. The maximum atomic E-state index is 12.1. The van der Waals surface area contributed by atoms with Crippen LogP contribution in [-0.2, 0) is 9.59 Å². The summed E-state index contributed by atoms with van der Waals surface area (Å²) in [6.07, 6.45) is 2.46. The van der Waals surface area contributed by atoms with Crippen LogP contribution in [0.25, 0.3) is 0 Å². The molecular weight excluding hydrogens is 294 g/mol. The maximum Gasteiger partial charge on any atom is 0.258 e. The van der Waals surface area contributed by atoms with Crippen molar-refractivity contribution < 1.29 is 14.4 Å². The normalized spacial score (nSPS) is 14.0. The summed E-state index contributed by atoms with van der Waals surface area (Å²) in [6, 6.07) is 6.42. The van der Waals surface area contributed by atoms with Crippen molar-refractivity contribution in [3.8, 4) is 0 Å². The van der Waals surface area contributed by atoms with Crippen LogP contribution in [0.1, 0.15) is 24.2 Å². The molecule has 2 rings (SSSR count). The highest BCUT2D eigenvalue weighted by atomic mass is 16.2. The molecule has 0 fully saturated rings. The van der Waals surface area contributed by atoms with Crippen LogP contribution in [0.15, 0.2) is 36.4 Å². The number of imide groups is 1. The molecule has 1 heterocycles. The molecule has 1 aliphatic rings. The number of carbonyl (C=O) groups excluding carboxylic acids is 3. The highest BCUT2D eigenvalue weighted by molar-refractivity contribution is 6.28. The third-order valence-corrected chi connectivity index (χ3v) is 3.80. The molecule has 0 aliphatic carbocycles. The number of likely N-dealkylation sites (N-methyl/N-ethyl adjacent to an activating group) is 1. The second kappa shape index (κ2) is 7.69. The number of rotatable bonds is 7. The van der Waals surface area contributed by atoms with E-state index in [1.807, 2.05) is 0 Å². The van der Waals surface area contributed by atoms with E-state index in [-0.39, 0.29) is 17.7 Å². The first-order valence-corrected chi connectivity index (χ1v) is 7.73. The number of hydrogen-bond acceptors (Lipinski definition) is 4. The fourth-order valence-corrected chi connectivity index (χ4v) is 2.39. The molecule has 0 spiro atoms. The standard InChI is InChI=1S/C17H21N3O3/c1-3-19(4-2)12-11-18-17(23)13-5-7-14(8-6-13)20-15(21)9-10-16(20)22/h5-10H,3-4,11-12H2,1-2H3,(H,18,23). The Balaban J connectivity index is 1.93. The van der Waals surface area contributed by atoms with Gasteiger partial charge in [-0.1, -0.05) is 13.8 Å². The van der Waals surface area contributed by atoms with Crippen LogP contribution in [0.3, 0.4) is 0 Å². The van der Waals surface area contributed by atoms with Crippen molar-refractivity contribution >= 4 is 23.4 Å². The van der Waals surface area contributed by atoms with Crippen molar-refractivity contribution in [2.45, 2.75) is 13.8 Å². The molecule has 1 aromatic rings. The quantitative estimate of drug-likeness (QED) is 0.767. The van der Waals surface area contributed by atoms with Gasteiger partial charge >= 0.3 is 0 Å². The van der Waals surface area contributed by atoms with E-state index in [1.165, 1.54) is 12.2 Å². The van der Waals surface area contributed by atoms with Crippen LogP contribution in [-0.4, -0.2) is 48.8 Å². The largest absolute Gasteiger partial charge is 0.351 e. The fraction of sp³-hybridized carbons (Fsp3) is 0.353. The summed E-state index contributed by atoms with van der Waals surface area (Å²) in [5.74, 6) is -0.904. The predicted molar refractivity (Wildman–Crippen MR) is 88.2 cm³/mol. The van der Waals surface area contributed by atoms with E-state index in [9.17, 15) is 14.4 Å². The summed E-state index contributed by atoms with van der Waals surface area (Å²) in [5, 5.41) is 2.86. The summed E-state index contributed by atoms with van der Waals surface area (Å²) in [5.41, 5.74) is 0.963. The minimum Gasteiger partial charge on any atom is -0.351 e. The molecule has 0 saturated carbocycles. The van der Waals surface area contributed by atoms with E-state index in [0.29, 0.717) is 17.8 Å². The number of nitrogens with zero attached hydrogens (tertiary/aromatic N) is 2. The summed E-state index contributed by atoms with van der Waals surface area (Å²) >= 11 is 0. The van der Waals surface area contributed by atoms with Gasteiger partial charge in [-0.3, -0.25) is 14.4 Å². The summed E-state index contributed by atoms with van der Waals surface area (Å²) in [7, 11) is 0. The lowest BCUT2D eigenvalue weighted by atomic mass is 10.2. The number of carbonyl (C=O) groups is 3. The van der Waals surface area contributed by atoms with Gasteiger partial charge in [-0.25, -0.2) is 4.90 Å². The predicted octanol–water partition coefficient (Wildman–Crippen LogP) is 1.19. The number of hydrogen-bond donors (Lipinski definition) is 1. The van der Waals surface area contributed by atoms with Crippen LogP contribution >= 0.6 is 0 Å². The zero-order valence-corrected chi connectivity index (χ0v) is 13.4. The van der Waals surface area contributed by atoms with Gasteiger partial charge in [0, 0.05) is 30.8 Å². The second-order valence-electron chi connectivity index (χ2n) is 5.17. The van der Waals surface area contributed by atoms with Gasteiger partial charge in [0.2, 0.25) is 0 Å². The molecule has 1 aromatic carbocycles. The Kier molecular flexibility index (Phi) is 5.65. The van der Waals surface area contributed by atoms with Crippen LogP contribution in [0.2, 0.25) is 0 Å². The van der Waals surface area contributed by atoms with Gasteiger partial charge in [0.05, 0.1) is 5.69 Å². The number of anilines is 1. The first-order chi connectivity index (χ1) is 11.1. The Labute approximate surface area is 135 Å². The van der Waals surface area contributed by atoms with E-state index in [4.69, 9.17) is 0 Å². The van der Waals surface area contributed by atoms with Gasteiger partial charge in [-0.15, -0.1) is 0 Å². The molecular formula is C17H21N3O3. The highest BCUT2D eigenvalue weighted by Crippen LogP contribution is 2.19. The summed E-state index contributed by atoms with van der Waals surface area (Å²) in [6.45, 7) is 7.45. The lowest BCUT2D eigenvalue weighted by molar-refractivity contribution is -0.119. The lowest BCUT2D eigenvalue weighted by Crippen LogP contribution is -2.34. The minimum absolute atomic E-state index is 0.166. The molecule has 23 heavy (non-hydrogen) atoms. The lowest BCUT2D eigenvalue weighted by Gasteiger charge is -2.18. The van der Waals surface area contributed by atoms with Gasteiger partial charge in [0.15, 0.2) is 0 Å². The van der Waals surface area contributed by atoms with E-state index >= 15 is 0 Å². The molecule has 1 aliphatic heterocycles. The first-order valence-electron chi connectivity index (χ1n) is 7.73. The molecule has 0 aromatic heterocycles. The third-order valence-electron chi connectivity index (χ3n) is 3.80. The van der Waals surface area contributed by atoms with Gasteiger partial charge < -0.3 is 10.2 Å². The zero-order valence-electron chi connectivity index (χ0n) is 13.4. The van der Waals surface area contributed by atoms with E-state index in [0.717, 1.165) is 24.5 Å². The molecule has 6 heteroatoms. The van der Waals surface area contributed by atoms with E-state index in [2.05, 4.69) is 24.1 Å². The summed E-state index contributed by atoms with van der Waals surface area (Å²) in [4.78, 5) is 38.6. The SMILES string of the molecule is CCN(CC)CCNC(=O)c1ccc(N2C(=O)C=CC2=O)cc1. The minimum atomic E-state index is -0.369. The Morgan fingerprint density at radius 3 is 2.13 bits per heavy atom. The molecule has 0 unspecified atom stereocenters. The zero-order chi connectivity index (χ0) is 16.8. The summed E-state index contributed by atoms with van der Waals surface area (Å²) < 4.78 is 0. The maximum absolute atomic E-state index is 12.1. The van der Waals surface area contributed by atoms with Crippen molar-refractivity contribution in [2.75, 3.05) is 31.1 Å². The van der Waals surface area contributed by atoms with Crippen molar-refractivity contribution in [2.24, 2.45) is 0 Å². The van der Waals surface area contributed by atoms with Crippen LogP contribution in [0.5, 0.6) is 0 Å². The van der Waals surface area contributed by atoms with Crippen molar-refractivity contribution in [1.82, 2.24) is 10.2 Å². The molecule has 1 N–H and O–H groups in total. The Morgan fingerprint density at radius 2 is 1.61 bits per heavy atom. The van der Waals surface area contributed by atoms with E-state index in [1.54, 1.807) is 24.3 Å². The number of amides is 3. The molecule has 0 radical (unpaired) electrons. The van der Waals surface area contributed by atoms with Crippen LogP contribution in [0, 0.1) is 0 Å². The molecule has 3 amide bonds. The molecule has 0 saturated heterocycles. The average molecular weight is 315 g/mol. The second-order valence-corrected chi connectivity index (χ2v) is 5.17. The van der Waals surface area contributed by atoms with Gasteiger partial charge in [0.1, 0.15) is 0 Å².